The van der Waals surface area contributed by atoms with E-state index in [0.29, 0.717) is 17.9 Å². The highest BCUT2D eigenvalue weighted by atomic mass is 16.2. The Bertz CT molecular complexity index is 265. The number of amides is 1. The second kappa shape index (κ2) is 7.13. The van der Waals surface area contributed by atoms with Crippen molar-refractivity contribution < 1.29 is 4.79 Å². The number of carbonyl (C=O) groups is 1. The molecule has 1 fully saturated rings. The molecule has 0 spiro atoms. The molecule has 1 aliphatic rings. The molecule has 106 valence electrons. The number of hydrogen-bond acceptors (Lipinski definition) is 2. The Balaban J connectivity index is 2.34. The van der Waals surface area contributed by atoms with E-state index in [1.165, 1.54) is 19.3 Å². The summed E-state index contributed by atoms with van der Waals surface area (Å²) in [5.41, 5.74) is 0. The quantitative estimate of drug-likeness (QED) is 0.791. The normalized spacial score (nSPS) is 30.2. The maximum absolute atomic E-state index is 11.9. The molecule has 3 heteroatoms. The molecule has 0 saturated heterocycles. The molecular weight excluding hydrogens is 224 g/mol. The van der Waals surface area contributed by atoms with Gasteiger partial charge in [0.1, 0.15) is 0 Å². The third-order valence-corrected chi connectivity index (χ3v) is 3.97. The Labute approximate surface area is 112 Å². The van der Waals surface area contributed by atoms with Crippen molar-refractivity contribution in [1.29, 1.82) is 0 Å². The Morgan fingerprint density at radius 1 is 1.22 bits per heavy atom. The Hall–Kier alpha value is -0.570. The highest BCUT2D eigenvalue weighted by Crippen LogP contribution is 2.28. The first-order chi connectivity index (χ1) is 8.40. The van der Waals surface area contributed by atoms with Gasteiger partial charge in [0.25, 0.3) is 0 Å². The topological polar surface area (TPSA) is 41.1 Å². The van der Waals surface area contributed by atoms with Crippen molar-refractivity contribution in [3.05, 3.63) is 0 Å². The Morgan fingerprint density at radius 3 is 2.44 bits per heavy atom. The van der Waals surface area contributed by atoms with Crippen LogP contribution in [-0.2, 0) is 4.79 Å². The lowest BCUT2D eigenvalue weighted by Gasteiger charge is -2.35. The highest BCUT2D eigenvalue weighted by Gasteiger charge is 2.27. The molecule has 0 heterocycles. The molecular formula is C15H30N2O. The summed E-state index contributed by atoms with van der Waals surface area (Å²) in [6.07, 6.45) is 3.75. The SMILES string of the molecule is CC(C)CNC(=O)C(C)NC1CCC(C)CC1C. The molecule has 4 unspecified atom stereocenters. The van der Waals surface area contributed by atoms with Crippen LogP contribution in [0.3, 0.4) is 0 Å². The fraction of sp³-hybridized carbons (Fsp3) is 0.933. The van der Waals surface area contributed by atoms with Gasteiger partial charge in [-0.1, -0.05) is 27.7 Å². The largest absolute Gasteiger partial charge is 0.354 e. The van der Waals surface area contributed by atoms with Crippen molar-refractivity contribution in [2.75, 3.05) is 6.54 Å². The summed E-state index contributed by atoms with van der Waals surface area (Å²) in [6.45, 7) is 11.6. The summed E-state index contributed by atoms with van der Waals surface area (Å²) >= 11 is 0. The molecule has 0 aromatic rings. The van der Waals surface area contributed by atoms with Crippen LogP contribution in [0.4, 0.5) is 0 Å². The van der Waals surface area contributed by atoms with Crippen LogP contribution in [0.1, 0.15) is 53.9 Å². The molecule has 1 amide bonds. The fourth-order valence-electron chi connectivity index (χ4n) is 2.77. The third-order valence-electron chi connectivity index (χ3n) is 3.97. The number of nitrogens with one attached hydrogen (secondary N) is 2. The molecule has 4 atom stereocenters. The number of carbonyl (C=O) groups excluding carboxylic acids is 1. The highest BCUT2D eigenvalue weighted by molar-refractivity contribution is 5.81. The van der Waals surface area contributed by atoms with Gasteiger partial charge in [-0.05, 0) is 43.9 Å². The van der Waals surface area contributed by atoms with E-state index in [4.69, 9.17) is 0 Å². The van der Waals surface area contributed by atoms with Gasteiger partial charge in [-0.2, -0.15) is 0 Å². The van der Waals surface area contributed by atoms with Gasteiger partial charge in [0.05, 0.1) is 6.04 Å². The minimum absolute atomic E-state index is 0.0791. The maximum atomic E-state index is 11.9. The van der Waals surface area contributed by atoms with Crippen LogP contribution >= 0.6 is 0 Å². The van der Waals surface area contributed by atoms with Crippen molar-refractivity contribution in [2.24, 2.45) is 17.8 Å². The zero-order valence-electron chi connectivity index (χ0n) is 12.6. The van der Waals surface area contributed by atoms with Crippen LogP contribution < -0.4 is 10.6 Å². The van der Waals surface area contributed by atoms with E-state index in [9.17, 15) is 4.79 Å². The Kier molecular flexibility index (Phi) is 6.13. The van der Waals surface area contributed by atoms with Crippen LogP contribution in [0.15, 0.2) is 0 Å². The second-order valence-corrected chi connectivity index (χ2v) is 6.53. The zero-order valence-corrected chi connectivity index (χ0v) is 12.6. The zero-order chi connectivity index (χ0) is 13.7. The lowest BCUT2D eigenvalue weighted by molar-refractivity contribution is -0.123. The molecule has 0 bridgehead atoms. The number of hydrogen-bond donors (Lipinski definition) is 2. The van der Waals surface area contributed by atoms with Crippen molar-refractivity contribution >= 4 is 5.91 Å². The van der Waals surface area contributed by atoms with E-state index in [1.54, 1.807) is 0 Å². The lowest BCUT2D eigenvalue weighted by atomic mass is 9.79. The van der Waals surface area contributed by atoms with Crippen molar-refractivity contribution in [2.45, 2.75) is 66.0 Å². The van der Waals surface area contributed by atoms with Gasteiger partial charge in [0.2, 0.25) is 5.91 Å². The van der Waals surface area contributed by atoms with Crippen molar-refractivity contribution in [3.8, 4) is 0 Å². The average molecular weight is 254 g/mol. The summed E-state index contributed by atoms with van der Waals surface area (Å²) in [7, 11) is 0. The van der Waals surface area contributed by atoms with Crippen LogP contribution in [0.25, 0.3) is 0 Å². The summed E-state index contributed by atoms with van der Waals surface area (Å²) in [5, 5.41) is 6.49. The molecule has 1 aliphatic carbocycles. The van der Waals surface area contributed by atoms with Gasteiger partial charge in [0, 0.05) is 12.6 Å². The van der Waals surface area contributed by atoms with Crippen LogP contribution in [0.2, 0.25) is 0 Å². The van der Waals surface area contributed by atoms with Crippen LogP contribution in [0.5, 0.6) is 0 Å². The van der Waals surface area contributed by atoms with Gasteiger partial charge < -0.3 is 10.6 Å². The predicted octanol–water partition coefficient (Wildman–Crippen LogP) is 2.56. The predicted molar refractivity (Wildman–Crippen MR) is 76.4 cm³/mol. The van der Waals surface area contributed by atoms with E-state index in [0.717, 1.165) is 12.5 Å². The molecule has 2 N–H and O–H groups in total. The summed E-state index contributed by atoms with van der Waals surface area (Å²) < 4.78 is 0. The smallest absolute Gasteiger partial charge is 0.236 e. The van der Waals surface area contributed by atoms with E-state index < -0.39 is 0 Å². The van der Waals surface area contributed by atoms with Gasteiger partial charge >= 0.3 is 0 Å². The molecule has 0 radical (unpaired) electrons. The van der Waals surface area contributed by atoms with E-state index in [-0.39, 0.29) is 11.9 Å². The maximum Gasteiger partial charge on any atom is 0.236 e. The molecule has 0 aliphatic heterocycles. The average Bonchev–Trinajstić information content (AvgIpc) is 2.29. The Morgan fingerprint density at radius 2 is 1.89 bits per heavy atom. The number of rotatable bonds is 5. The fourth-order valence-corrected chi connectivity index (χ4v) is 2.77. The van der Waals surface area contributed by atoms with Crippen LogP contribution in [0, 0.1) is 17.8 Å². The third kappa shape index (κ3) is 4.97. The first-order valence-corrected chi connectivity index (χ1v) is 7.44. The molecule has 18 heavy (non-hydrogen) atoms. The minimum Gasteiger partial charge on any atom is -0.354 e. The molecule has 1 rings (SSSR count). The molecule has 0 aromatic carbocycles. The molecule has 1 saturated carbocycles. The van der Waals surface area contributed by atoms with E-state index in [2.05, 4.69) is 38.3 Å². The van der Waals surface area contributed by atoms with Gasteiger partial charge in [0.15, 0.2) is 0 Å². The van der Waals surface area contributed by atoms with Crippen molar-refractivity contribution in [1.82, 2.24) is 10.6 Å². The van der Waals surface area contributed by atoms with E-state index >= 15 is 0 Å². The minimum atomic E-state index is -0.0791. The van der Waals surface area contributed by atoms with Crippen LogP contribution in [-0.4, -0.2) is 24.5 Å². The summed E-state index contributed by atoms with van der Waals surface area (Å²) in [5.74, 6) is 2.15. The molecule has 3 nitrogen and oxygen atoms in total. The standard InChI is InChI=1S/C15H30N2O/c1-10(2)9-16-15(18)13(5)17-14-7-6-11(3)8-12(14)4/h10-14,17H,6-9H2,1-5H3,(H,16,18). The lowest BCUT2D eigenvalue weighted by Crippen LogP contribution is -2.50. The van der Waals surface area contributed by atoms with Gasteiger partial charge in [-0.15, -0.1) is 0 Å². The summed E-state index contributed by atoms with van der Waals surface area (Å²) in [4.78, 5) is 11.9. The van der Waals surface area contributed by atoms with E-state index in [1.807, 2.05) is 6.92 Å². The van der Waals surface area contributed by atoms with Crippen molar-refractivity contribution in [3.63, 3.8) is 0 Å². The summed E-state index contributed by atoms with van der Waals surface area (Å²) in [6, 6.07) is 0.422. The first-order valence-electron chi connectivity index (χ1n) is 7.44. The van der Waals surface area contributed by atoms with Gasteiger partial charge in [-0.3, -0.25) is 4.79 Å². The van der Waals surface area contributed by atoms with Gasteiger partial charge in [-0.25, -0.2) is 0 Å². The second-order valence-electron chi connectivity index (χ2n) is 6.53. The first kappa shape index (κ1) is 15.5. The monoisotopic (exact) mass is 254 g/mol. The molecule has 0 aromatic heterocycles.